The number of rotatable bonds is 2. The molecule has 2 rings (SSSR count). The van der Waals surface area contributed by atoms with Crippen molar-refractivity contribution in [3.8, 4) is 5.75 Å². The number of cyclic esters (lactones) is 1. The molecule has 4 heteroatoms. The van der Waals surface area contributed by atoms with E-state index in [2.05, 4.69) is 0 Å². The minimum atomic E-state index is -0.688. The van der Waals surface area contributed by atoms with Crippen molar-refractivity contribution in [3.63, 3.8) is 0 Å². The molecule has 0 aliphatic carbocycles. The lowest BCUT2D eigenvalue weighted by molar-refractivity contribution is -0.142. The monoisotopic (exact) mass is 234 g/mol. The van der Waals surface area contributed by atoms with Gasteiger partial charge in [-0.1, -0.05) is 26.0 Å². The largest absolute Gasteiger partial charge is 0.508 e. The maximum absolute atomic E-state index is 11.4. The van der Waals surface area contributed by atoms with Crippen molar-refractivity contribution in [1.29, 1.82) is 0 Å². The first kappa shape index (κ1) is 11.5. The van der Waals surface area contributed by atoms with Gasteiger partial charge in [0.15, 0.2) is 6.10 Å². The number of carbonyl (C=O) groups excluding carboxylic acids is 1. The Bertz CT molecular complexity index is 471. The van der Waals surface area contributed by atoms with Crippen molar-refractivity contribution < 1.29 is 19.7 Å². The predicted molar refractivity (Wildman–Crippen MR) is 61.4 cm³/mol. The van der Waals surface area contributed by atoms with Gasteiger partial charge in [-0.15, -0.1) is 0 Å². The summed E-state index contributed by atoms with van der Waals surface area (Å²) in [6, 6.07) is 6.40. The molecule has 1 atom stereocenters. The SMILES string of the molecule is CC(C)C1=C(O)C(=O)O[C@@H]1c1ccc(O)cc1. The third-order valence-electron chi connectivity index (χ3n) is 2.79. The number of hydrogen-bond donors (Lipinski definition) is 2. The van der Waals surface area contributed by atoms with Gasteiger partial charge >= 0.3 is 5.97 Å². The molecule has 2 N–H and O–H groups in total. The zero-order valence-corrected chi connectivity index (χ0v) is 9.68. The number of benzene rings is 1. The topological polar surface area (TPSA) is 66.8 Å². The molecule has 0 amide bonds. The Morgan fingerprint density at radius 3 is 2.29 bits per heavy atom. The number of phenols is 1. The summed E-state index contributed by atoms with van der Waals surface area (Å²) in [5.41, 5.74) is 1.32. The first-order valence-corrected chi connectivity index (χ1v) is 5.43. The molecular weight excluding hydrogens is 220 g/mol. The molecule has 1 aromatic rings. The van der Waals surface area contributed by atoms with Crippen molar-refractivity contribution in [1.82, 2.24) is 0 Å². The maximum Gasteiger partial charge on any atom is 0.374 e. The van der Waals surface area contributed by atoms with Crippen LogP contribution in [0.3, 0.4) is 0 Å². The number of hydrogen-bond acceptors (Lipinski definition) is 4. The highest BCUT2D eigenvalue weighted by atomic mass is 16.6. The Balaban J connectivity index is 2.40. The van der Waals surface area contributed by atoms with Crippen LogP contribution in [0.25, 0.3) is 0 Å². The minimum Gasteiger partial charge on any atom is -0.508 e. The summed E-state index contributed by atoms with van der Waals surface area (Å²) in [5.74, 6) is -0.817. The van der Waals surface area contributed by atoms with Crippen LogP contribution in [0.2, 0.25) is 0 Å². The second kappa shape index (κ2) is 4.13. The van der Waals surface area contributed by atoms with E-state index in [4.69, 9.17) is 4.74 Å². The van der Waals surface area contributed by atoms with Crippen molar-refractivity contribution in [2.24, 2.45) is 5.92 Å². The average Bonchev–Trinajstić information content (AvgIpc) is 2.56. The van der Waals surface area contributed by atoms with Gasteiger partial charge in [0.25, 0.3) is 0 Å². The molecule has 0 saturated heterocycles. The number of phenolic OH excluding ortho intramolecular Hbond substituents is 1. The molecule has 1 aliphatic rings. The predicted octanol–water partition coefficient (Wildman–Crippen LogP) is 2.46. The van der Waals surface area contributed by atoms with Gasteiger partial charge in [0, 0.05) is 5.57 Å². The van der Waals surface area contributed by atoms with Crippen molar-refractivity contribution in [2.75, 3.05) is 0 Å². The molecule has 4 nitrogen and oxygen atoms in total. The standard InChI is InChI=1S/C13H14O4/c1-7(2)10-11(15)13(16)17-12(10)8-3-5-9(14)6-4-8/h3-7,12,14-15H,1-2H3/t12-/m1/s1. The molecule has 1 aliphatic heterocycles. The van der Waals surface area contributed by atoms with Crippen LogP contribution in [0.15, 0.2) is 35.6 Å². The minimum absolute atomic E-state index is 0.0141. The summed E-state index contributed by atoms with van der Waals surface area (Å²) in [6.45, 7) is 3.78. The second-order valence-electron chi connectivity index (χ2n) is 4.34. The van der Waals surface area contributed by atoms with Gasteiger partial charge in [0.1, 0.15) is 5.75 Å². The maximum atomic E-state index is 11.4. The van der Waals surface area contributed by atoms with Gasteiger partial charge in [-0.3, -0.25) is 0 Å². The first-order valence-electron chi connectivity index (χ1n) is 5.43. The summed E-state index contributed by atoms with van der Waals surface area (Å²) < 4.78 is 5.13. The molecular formula is C13H14O4. The zero-order chi connectivity index (χ0) is 12.6. The fourth-order valence-electron chi connectivity index (χ4n) is 1.94. The molecule has 0 unspecified atom stereocenters. The third kappa shape index (κ3) is 1.98. The lowest BCUT2D eigenvalue weighted by Gasteiger charge is -2.16. The van der Waals surface area contributed by atoms with E-state index < -0.39 is 12.1 Å². The molecule has 0 bridgehead atoms. The Kier molecular flexibility index (Phi) is 2.79. The molecule has 0 saturated carbocycles. The van der Waals surface area contributed by atoms with Gasteiger partial charge in [0.05, 0.1) is 0 Å². The highest BCUT2D eigenvalue weighted by Gasteiger charge is 2.36. The molecule has 0 radical (unpaired) electrons. The van der Waals surface area contributed by atoms with E-state index in [1.807, 2.05) is 13.8 Å². The normalized spacial score (nSPS) is 19.9. The van der Waals surface area contributed by atoms with Gasteiger partial charge in [-0.25, -0.2) is 4.79 Å². The summed E-state index contributed by atoms with van der Waals surface area (Å²) in [4.78, 5) is 11.4. The van der Waals surface area contributed by atoms with E-state index in [1.54, 1.807) is 12.1 Å². The summed E-state index contributed by atoms with van der Waals surface area (Å²) in [7, 11) is 0. The van der Waals surface area contributed by atoms with Crippen LogP contribution >= 0.6 is 0 Å². The molecule has 1 aromatic carbocycles. The summed E-state index contributed by atoms with van der Waals surface area (Å²) >= 11 is 0. The molecule has 17 heavy (non-hydrogen) atoms. The quantitative estimate of drug-likeness (QED) is 0.771. The number of aliphatic hydroxyl groups is 1. The average molecular weight is 234 g/mol. The van der Waals surface area contributed by atoms with E-state index in [0.29, 0.717) is 5.57 Å². The van der Waals surface area contributed by atoms with Crippen LogP contribution in [0.1, 0.15) is 25.5 Å². The summed E-state index contributed by atoms with van der Waals surface area (Å²) in [5, 5.41) is 18.9. The van der Waals surface area contributed by atoms with Gasteiger partial charge in [0.2, 0.25) is 5.76 Å². The fraction of sp³-hybridized carbons (Fsp3) is 0.308. The lowest BCUT2D eigenvalue weighted by atomic mass is 9.93. The summed E-state index contributed by atoms with van der Waals surface area (Å²) in [6.07, 6.45) is -0.553. The van der Waals surface area contributed by atoms with Crippen LogP contribution < -0.4 is 0 Å². The lowest BCUT2D eigenvalue weighted by Crippen LogP contribution is -2.06. The molecule has 90 valence electrons. The number of aliphatic hydroxyl groups excluding tert-OH is 1. The number of carbonyl (C=O) groups is 1. The van der Waals surface area contributed by atoms with Crippen molar-refractivity contribution in [3.05, 3.63) is 41.2 Å². The zero-order valence-electron chi connectivity index (χ0n) is 9.68. The smallest absolute Gasteiger partial charge is 0.374 e. The Hall–Kier alpha value is -1.97. The third-order valence-corrected chi connectivity index (χ3v) is 2.79. The van der Waals surface area contributed by atoms with E-state index in [1.165, 1.54) is 12.1 Å². The van der Waals surface area contributed by atoms with E-state index >= 15 is 0 Å². The van der Waals surface area contributed by atoms with Gasteiger partial charge < -0.3 is 14.9 Å². The van der Waals surface area contributed by atoms with Crippen LogP contribution in [-0.2, 0) is 9.53 Å². The van der Waals surface area contributed by atoms with Crippen LogP contribution in [0, 0.1) is 5.92 Å². The molecule has 0 fully saturated rings. The number of esters is 1. The van der Waals surface area contributed by atoms with Crippen LogP contribution in [0.4, 0.5) is 0 Å². The van der Waals surface area contributed by atoms with Crippen molar-refractivity contribution in [2.45, 2.75) is 20.0 Å². The van der Waals surface area contributed by atoms with Crippen molar-refractivity contribution >= 4 is 5.97 Å². The molecule has 0 aromatic heterocycles. The highest BCUT2D eigenvalue weighted by Crippen LogP contribution is 2.38. The van der Waals surface area contributed by atoms with E-state index in [-0.39, 0.29) is 17.4 Å². The fourth-order valence-corrected chi connectivity index (χ4v) is 1.94. The van der Waals surface area contributed by atoms with Crippen LogP contribution in [0.5, 0.6) is 5.75 Å². The van der Waals surface area contributed by atoms with Gasteiger partial charge in [-0.2, -0.15) is 0 Å². The van der Waals surface area contributed by atoms with E-state index in [0.717, 1.165) is 5.56 Å². The number of ether oxygens (including phenoxy) is 1. The molecule has 0 spiro atoms. The van der Waals surface area contributed by atoms with Gasteiger partial charge in [-0.05, 0) is 23.6 Å². The first-order chi connectivity index (χ1) is 8.00. The van der Waals surface area contributed by atoms with E-state index in [9.17, 15) is 15.0 Å². The molecule has 1 heterocycles. The number of aromatic hydroxyl groups is 1. The Morgan fingerprint density at radius 2 is 1.76 bits per heavy atom. The highest BCUT2D eigenvalue weighted by molar-refractivity contribution is 5.90. The second-order valence-corrected chi connectivity index (χ2v) is 4.34. The van der Waals surface area contributed by atoms with Crippen LogP contribution in [-0.4, -0.2) is 16.2 Å². The Morgan fingerprint density at radius 1 is 1.18 bits per heavy atom. The Labute approximate surface area is 99.2 Å².